The van der Waals surface area contributed by atoms with Crippen LogP contribution in [0.4, 0.5) is 0 Å². The standard InChI is InChI=1S/C24H38N2.2BrH/c1-2-3-4-5-6-7-8-9-10-11-12-14-19-24-20-15-18-23-26(24)25-21-16-13-17-22-25;;/h13,15-18,20-23H,2-12,14,19H2,1H3;2*1H/q+2;;/p-2. The summed E-state index contributed by atoms with van der Waals surface area (Å²) in [5.41, 5.74) is 1.38. The van der Waals surface area contributed by atoms with Gasteiger partial charge in [-0.25, -0.2) is 0 Å². The van der Waals surface area contributed by atoms with E-state index in [-0.39, 0.29) is 34.0 Å². The summed E-state index contributed by atoms with van der Waals surface area (Å²) < 4.78 is 4.40. The zero-order valence-electron chi connectivity index (χ0n) is 17.5. The number of halogens is 2. The van der Waals surface area contributed by atoms with E-state index in [9.17, 15) is 0 Å². The van der Waals surface area contributed by atoms with Gasteiger partial charge < -0.3 is 34.0 Å². The fourth-order valence-electron chi connectivity index (χ4n) is 3.57. The van der Waals surface area contributed by atoms with Crippen LogP contribution in [-0.4, -0.2) is 0 Å². The lowest BCUT2D eigenvalue weighted by atomic mass is 10.0. The zero-order valence-corrected chi connectivity index (χ0v) is 20.7. The molecule has 0 aliphatic heterocycles. The molecule has 158 valence electrons. The smallest absolute Gasteiger partial charge is 0.253 e. The summed E-state index contributed by atoms with van der Waals surface area (Å²) in [4.78, 5) is 0. The van der Waals surface area contributed by atoms with E-state index >= 15 is 0 Å². The Morgan fingerprint density at radius 2 is 1.07 bits per heavy atom. The van der Waals surface area contributed by atoms with Crippen LogP contribution in [0, 0.1) is 0 Å². The third kappa shape index (κ3) is 11.3. The van der Waals surface area contributed by atoms with E-state index in [0.29, 0.717) is 0 Å². The number of aryl methyl sites for hydroxylation is 1. The van der Waals surface area contributed by atoms with Crippen molar-refractivity contribution in [3.8, 4) is 0 Å². The van der Waals surface area contributed by atoms with Crippen molar-refractivity contribution >= 4 is 0 Å². The molecule has 0 atom stereocenters. The van der Waals surface area contributed by atoms with Gasteiger partial charge in [-0.05, 0) is 18.6 Å². The van der Waals surface area contributed by atoms with Crippen LogP contribution < -0.4 is 43.3 Å². The molecule has 0 aromatic carbocycles. The molecule has 0 radical (unpaired) electrons. The van der Waals surface area contributed by atoms with Gasteiger partial charge in [0.05, 0.1) is 9.35 Å². The topological polar surface area (TPSA) is 7.76 Å². The molecule has 2 nitrogen and oxygen atoms in total. The average Bonchev–Trinajstić information content (AvgIpc) is 2.70. The number of unbranched alkanes of at least 4 members (excludes halogenated alkanes) is 11. The lowest BCUT2D eigenvalue weighted by Crippen LogP contribution is -3.00. The molecule has 0 fully saturated rings. The predicted molar refractivity (Wildman–Crippen MR) is 109 cm³/mol. The summed E-state index contributed by atoms with van der Waals surface area (Å²) in [7, 11) is 0. The van der Waals surface area contributed by atoms with E-state index in [1.165, 1.54) is 82.7 Å². The van der Waals surface area contributed by atoms with E-state index in [1.807, 2.05) is 0 Å². The zero-order chi connectivity index (χ0) is 18.3. The second-order valence-corrected chi connectivity index (χ2v) is 7.43. The highest BCUT2D eigenvalue weighted by molar-refractivity contribution is 4.96. The molecule has 0 bridgehead atoms. The number of hydrogen-bond donors (Lipinski definition) is 0. The van der Waals surface area contributed by atoms with E-state index < -0.39 is 0 Å². The predicted octanol–water partition coefficient (Wildman–Crippen LogP) is -0.175. The van der Waals surface area contributed by atoms with Crippen LogP contribution in [0.1, 0.15) is 89.7 Å². The first kappa shape index (κ1) is 27.3. The number of rotatable bonds is 14. The molecule has 4 heteroatoms. The fraction of sp³-hybridized carbons (Fsp3) is 0.583. The lowest BCUT2D eigenvalue weighted by molar-refractivity contribution is -1.30. The quantitative estimate of drug-likeness (QED) is 0.245. The maximum absolute atomic E-state index is 2.29. The molecule has 0 N–H and O–H groups in total. The number of hydrogen-bond acceptors (Lipinski definition) is 0. The highest BCUT2D eigenvalue weighted by Gasteiger charge is 2.17. The normalized spacial score (nSPS) is 10.2. The van der Waals surface area contributed by atoms with E-state index in [0.717, 1.165) is 6.42 Å². The molecule has 0 spiro atoms. The molecule has 2 aromatic heterocycles. The van der Waals surface area contributed by atoms with Crippen LogP contribution in [0.15, 0.2) is 55.0 Å². The summed E-state index contributed by atoms with van der Waals surface area (Å²) >= 11 is 0. The van der Waals surface area contributed by atoms with Gasteiger partial charge in [0.1, 0.15) is 0 Å². The van der Waals surface area contributed by atoms with Crippen LogP contribution in [0.5, 0.6) is 0 Å². The largest absolute Gasteiger partial charge is 1.00 e. The molecular weight excluding hydrogens is 476 g/mol. The van der Waals surface area contributed by atoms with Crippen molar-refractivity contribution in [3.05, 3.63) is 60.7 Å². The van der Waals surface area contributed by atoms with Crippen LogP contribution in [-0.2, 0) is 6.42 Å². The lowest BCUT2D eigenvalue weighted by Gasteiger charge is -2.02. The molecule has 0 aliphatic rings. The highest BCUT2D eigenvalue weighted by Crippen LogP contribution is 2.12. The van der Waals surface area contributed by atoms with Crippen LogP contribution in [0.3, 0.4) is 0 Å². The maximum Gasteiger partial charge on any atom is 0.253 e. The minimum atomic E-state index is 0. The van der Waals surface area contributed by atoms with Gasteiger partial charge in [0.15, 0.2) is 0 Å². The third-order valence-corrected chi connectivity index (χ3v) is 5.16. The van der Waals surface area contributed by atoms with Gasteiger partial charge >= 0.3 is 0 Å². The second-order valence-electron chi connectivity index (χ2n) is 7.43. The average molecular weight is 514 g/mol. The van der Waals surface area contributed by atoms with Crippen LogP contribution in [0.25, 0.3) is 0 Å². The first-order chi connectivity index (χ1) is 12.9. The maximum atomic E-state index is 2.29. The monoisotopic (exact) mass is 512 g/mol. The van der Waals surface area contributed by atoms with Gasteiger partial charge in [-0.2, -0.15) is 0 Å². The molecular formula is C24H38Br2N2. The number of nitrogens with zero attached hydrogens (tertiary/aromatic N) is 2. The molecule has 0 unspecified atom stereocenters. The Labute approximate surface area is 193 Å². The van der Waals surface area contributed by atoms with Crippen molar-refractivity contribution < 1.29 is 43.3 Å². The Hall–Kier alpha value is -0.740. The number of aromatic nitrogens is 2. The Bertz CT molecular complexity index is 590. The number of pyridine rings is 2. The molecule has 28 heavy (non-hydrogen) atoms. The summed E-state index contributed by atoms with van der Waals surface area (Å²) in [6, 6.07) is 12.7. The van der Waals surface area contributed by atoms with Crippen LogP contribution in [0.2, 0.25) is 0 Å². The Morgan fingerprint density at radius 3 is 1.64 bits per heavy atom. The second kappa shape index (κ2) is 18.3. The summed E-state index contributed by atoms with van der Waals surface area (Å²) in [5.74, 6) is 0. The molecule has 0 aliphatic carbocycles. The summed E-state index contributed by atoms with van der Waals surface area (Å²) in [5, 5.41) is 0. The fourth-order valence-corrected chi connectivity index (χ4v) is 3.57. The molecule has 2 rings (SSSR count). The van der Waals surface area contributed by atoms with Gasteiger partial charge in [0.2, 0.25) is 18.6 Å². The van der Waals surface area contributed by atoms with Crippen molar-refractivity contribution in [2.45, 2.75) is 90.4 Å². The van der Waals surface area contributed by atoms with Crippen molar-refractivity contribution in [2.24, 2.45) is 0 Å². The van der Waals surface area contributed by atoms with E-state index in [2.05, 4.69) is 71.3 Å². The van der Waals surface area contributed by atoms with Crippen molar-refractivity contribution in [1.29, 1.82) is 0 Å². The van der Waals surface area contributed by atoms with Gasteiger partial charge in [0.25, 0.3) is 5.69 Å². The van der Waals surface area contributed by atoms with E-state index in [4.69, 9.17) is 0 Å². The van der Waals surface area contributed by atoms with Crippen molar-refractivity contribution in [2.75, 3.05) is 0 Å². The first-order valence-electron chi connectivity index (χ1n) is 10.9. The molecule has 0 saturated heterocycles. The minimum absolute atomic E-state index is 0. The van der Waals surface area contributed by atoms with Crippen LogP contribution >= 0.6 is 0 Å². The SMILES string of the molecule is CCCCCCCCCCCCCCc1cccc[n+]1-[n+]1ccccc1.[Br-].[Br-]. The van der Waals surface area contributed by atoms with Gasteiger partial charge in [-0.1, -0.05) is 77.6 Å². The molecule has 2 heterocycles. The van der Waals surface area contributed by atoms with Crippen molar-refractivity contribution in [3.63, 3.8) is 0 Å². The van der Waals surface area contributed by atoms with Gasteiger partial charge in [-0.3, -0.25) is 0 Å². The molecule has 2 aromatic rings. The van der Waals surface area contributed by atoms with E-state index in [1.54, 1.807) is 0 Å². The Kier molecular flexibility index (Phi) is 17.8. The summed E-state index contributed by atoms with van der Waals surface area (Å²) in [6.07, 6.45) is 24.4. The first-order valence-corrected chi connectivity index (χ1v) is 10.9. The Morgan fingerprint density at radius 1 is 0.571 bits per heavy atom. The van der Waals surface area contributed by atoms with Gasteiger partial charge in [-0.15, -0.1) is 0 Å². The van der Waals surface area contributed by atoms with Gasteiger partial charge in [0, 0.05) is 30.7 Å². The Balaban J connectivity index is 0.00000364. The van der Waals surface area contributed by atoms with Crippen molar-refractivity contribution in [1.82, 2.24) is 0 Å². The molecule has 0 amide bonds. The molecule has 0 saturated carbocycles. The highest BCUT2D eigenvalue weighted by atomic mass is 79.9. The minimum Gasteiger partial charge on any atom is -1.00 e. The summed E-state index contributed by atoms with van der Waals surface area (Å²) in [6.45, 7) is 2.29. The third-order valence-electron chi connectivity index (χ3n) is 5.16.